The molecule has 1 atom stereocenters. The Bertz CT molecular complexity index is 337. The number of hydrogen-bond donors (Lipinski definition) is 2. The lowest BCUT2D eigenvalue weighted by Crippen LogP contribution is -2.25. The van der Waals surface area contributed by atoms with Gasteiger partial charge in [0.05, 0.1) is 0 Å². The number of nitrogens with one attached hydrogen (secondary N) is 1. The summed E-state index contributed by atoms with van der Waals surface area (Å²) in [6.45, 7) is 0. The van der Waals surface area contributed by atoms with Crippen LogP contribution in [0.5, 0.6) is 0 Å². The zero-order chi connectivity index (χ0) is 9.26. The van der Waals surface area contributed by atoms with Gasteiger partial charge in [0.1, 0.15) is 5.50 Å². The van der Waals surface area contributed by atoms with Gasteiger partial charge in [0, 0.05) is 15.6 Å². The summed E-state index contributed by atoms with van der Waals surface area (Å²) in [5.74, 6) is 0. The maximum atomic E-state index is 5.68. The van der Waals surface area contributed by atoms with Crippen molar-refractivity contribution in [1.82, 2.24) is 5.32 Å². The third-order valence-electron chi connectivity index (χ3n) is 1.76. The lowest BCUT2D eigenvalue weighted by Gasteiger charge is -2.02. The largest absolute Gasteiger partial charge is 0.366 e. The topological polar surface area (TPSA) is 38.0 Å². The molecule has 0 bridgehead atoms. The van der Waals surface area contributed by atoms with Gasteiger partial charge in [-0.1, -0.05) is 39.8 Å². The lowest BCUT2D eigenvalue weighted by atomic mass is 10.2. The van der Waals surface area contributed by atoms with Gasteiger partial charge in [-0.05, 0) is 17.7 Å². The molecule has 0 spiro atoms. The standard InChI is InChI=1S/C9H9BrN2S.BrH/c10-7-3-1-6(2-4-7)8-5-12-9(11)13-8;/h1-5,9,12H,11H2;1H. The first-order valence-electron chi connectivity index (χ1n) is 3.90. The van der Waals surface area contributed by atoms with Crippen LogP contribution >= 0.6 is 44.7 Å². The molecule has 3 N–H and O–H groups in total. The molecule has 5 heteroatoms. The molecule has 0 saturated carbocycles. The predicted octanol–water partition coefficient (Wildman–Crippen LogP) is 2.90. The van der Waals surface area contributed by atoms with E-state index in [-0.39, 0.29) is 22.5 Å². The lowest BCUT2D eigenvalue weighted by molar-refractivity contribution is 0.837. The van der Waals surface area contributed by atoms with Gasteiger partial charge in [-0.15, -0.1) is 17.0 Å². The Kier molecular flexibility index (Phi) is 4.50. The van der Waals surface area contributed by atoms with Crippen molar-refractivity contribution in [2.75, 3.05) is 0 Å². The first kappa shape index (κ1) is 12.1. The second-order valence-electron chi connectivity index (χ2n) is 2.72. The van der Waals surface area contributed by atoms with Crippen molar-refractivity contribution in [2.24, 2.45) is 5.73 Å². The van der Waals surface area contributed by atoms with Gasteiger partial charge in [0.25, 0.3) is 0 Å². The zero-order valence-corrected chi connectivity index (χ0v) is 11.4. The fourth-order valence-electron chi connectivity index (χ4n) is 1.13. The number of benzene rings is 1. The molecule has 0 amide bonds. The summed E-state index contributed by atoms with van der Waals surface area (Å²) in [7, 11) is 0. The van der Waals surface area contributed by atoms with Crippen LogP contribution in [-0.4, -0.2) is 5.50 Å². The van der Waals surface area contributed by atoms with E-state index in [1.165, 1.54) is 10.5 Å². The fourth-order valence-corrected chi connectivity index (χ4v) is 2.21. The van der Waals surface area contributed by atoms with E-state index in [1.54, 1.807) is 11.8 Å². The molecule has 0 saturated heterocycles. The van der Waals surface area contributed by atoms with Crippen molar-refractivity contribution in [1.29, 1.82) is 0 Å². The molecule has 1 unspecified atom stereocenters. The minimum atomic E-state index is -0.00125. The number of rotatable bonds is 1. The summed E-state index contributed by atoms with van der Waals surface area (Å²) in [5.41, 5.74) is 6.88. The number of thioether (sulfide) groups is 1. The van der Waals surface area contributed by atoms with Crippen molar-refractivity contribution in [2.45, 2.75) is 5.50 Å². The Morgan fingerprint density at radius 3 is 2.43 bits per heavy atom. The Morgan fingerprint density at radius 1 is 1.29 bits per heavy atom. The van der Waals surface area contributed by atoms with E-state index >= 15 is 0 Å². The summed E-state index contributed by atoms with van der Waals surface area (Å²) >= 11 is 5.04. The maximum absolute atomic E-state index is 5.68. The number of halogens is 2. The second-order valence-corrected chi connectivity index (χ2v) is 4.82. The van der Waals surface area contributed by atoms with E-state index in [4.69, 9.17) is 5.73 Å². The molecule has 1 aliphatic heterocycles. The highest BCUT2D eigenvalue weighted by atomic mass is 79.9. The van der Waals surface area contributed by atoms with E-state index in [0.29, 0.717) is 0 Å². The second kappa shape index (κ2) is 5.21. The minimum absolute atomic E-state index is 0. The normalized spacial score (nSPS) is 19.6. The predicted molar refractivity (Wildman–Crippen MR) is 71.1 cm³/mol. The Balaban J connectivity index is 0.000000980. The molecule has 0 aliphatic carbocycles. The van der Waals surface area contributed by atoms with E-state index in [0.717, 1.165) is 4.47 Å². The average molecular weight is 338 g/mol. The smallest absolute Gasteiger partial charge is 0.127 e. The summed E-state index contributed by atoms with van der Waals surface area (Å²) in [5, 5.41) is 3.05. The average Bonchev–Trinajstić information content (AvgIpc) is 2.53. The molecular formula is C9H10Br2N2S. The SMILES string of the molecule is Br.NC1NC=C(c2ccc(Br)cc2)S1. The molecule has 1 aromatic rings. The number of nitrogens with two attached hydrogens (primary N) is 1. The maximum Gasteiger partial charge on any atom is 0.127 e. The van der Waals surface area contributed by atoms with Crippen LogP contribution in [0.1, 0.15) is 5.56 Å². The van der Waals surface area contributed by atoms with Crippen LogP contribution < -0.4 is 11.1 Å². The minimum Gasteiger partial charge on any atom is -0.366 e. The van der Waals surface area contributed by atoms with Crippen molar-refractivity contribution < 1.29 is 0 Å². The highest BCUT2D eigenvalue weighted by Gasteiger charge is 2.13. The van der Waals surface area contributed by atoms with Crippen LogP contribution in [0.15, 0.2) is 34.9 Å². The zero-order valence-electron chi connectivity index (χ0n) is 7.24. The molecule has 76 valence electrons. The van der Waals surface area contributed by atoms with Gasteiger partial charge in [0.2, 0.25) is 0 Å². The Labute approximate surface area is 106 Å². The van der Waals surface area contributed by atoms with Crippen LogP contribution in [0.2, 0.25) is 0 Å². The van der Waals surface area contributed by atoms with Gasteiger partial charge in [-0.25, -0.2) is 0 Å². The molecule has 2 nitrogen and oxygen atoms in total. The molecule has 0 radical (unpaired) electrons. The van der Waals surface area contributed by atoms with E-state index in [1.807, 2.05) is 18.3 Å². The third kappa shape index (κ3) is 2.76. The van der Waals surface area contributed by atoms with E-state index in [2.05, 4.69) is 33.4 Å². The summed E-state index contributed by atoms with van der Waals surface area (Å²) in [4.78, 5) is 1.19. The quantitative estimate of drug-likeness (QED) is 0.827. The molecule has 2 rings (SSSR count). The van der Waals surface area contributed by atoms with Gasteiger partial charge in [-0.2, -0.15) is 0 Å². The first-order valence-corrected chi connectivity index (χ1v) is 5.57. The van der Waals surface area contributed by atoms with Crippen molar-refractivity contribution in [3.05, 3.63) is 40.5 Å². The monoisotopic (exact) mass is 336 g/mol. The summed E-state index contributed by atoms with van der Waals surface area (Å²) < 4.78 is 1.09. The summed E-state index contributed by atoms with van der Waals surface area (Å²) in [6.07, 6.45) is 1.96. The van der Waals surface area contributed by atoms with Crippen molar-refractivity contribution in [3.63, 3.8) is 0 Å². The molecular weight excluding hydrogens is 328 g/mol. The molecule has 1 aliphatic rings. The molecule has 14 heavy (non-hydrogen) atoms. The molecule has 1 heterocycles. The van der Waals surface area contributed by atoms with Crippen LogP contribution in [-0.2, 0) is 0 Å². The van der Waals surface area contributed by atoms with Gasteiger partial charge in [0.15, 0.2) is 0 Å². The molecule has 0 aromatic heterocycles. The highest BCUT2D eigenvalue weighted by molar-refractivity contribution is 9.10. The number of hydrogen-bond acceptors (Lipinski definition) is 3. The first-order chi connectivity index (χ1) is 6.25. The van der Waals surface area contributed by atoms with Crippen LogP contribution in [0.3, 0.4) is 0 Å². The van der Waals surface area contributed by atoms with Gasteiger partial charge < -0.3 is 11.1 Å². The Morgan fingerprint density at radius 2 is 1.93 bits per heavy atom. The van der Waals surface area contributed by atoms with Gasteiger partial charge in [-0.3, -0.25) is 0 Å². The summed E-state index contributed by atoms with van der Waals surface area (Å²) in [6, 6.07) is 8.20. The van der Waals surface area contributed by atoms with E-state index < -0.39 is 0 Å². The fraction of sp³-hybridized carbons (Fsp3) is 0.111. The van der Waals surface area contributed by atoms with Crippen molar-refractivity contribution >= 4 is 49.6 Å². The van der Waals surface area contributed by atoms with Crippen LogP contribution in [0.25, 0.3) is 4.91 Å². The third-order valence-corrected chi connectivity index (χ3v) is 3.29. The van der Waals surface area contributed by atoms with Gasteiger partial charge >= 0.3 is 0 Å². The van der Waals surface area contributed by atoms with E-state index in [9.17, 15) is 0 Å². The molecule has 1 aromatic carbocycles. The molecule has 0 fully saturated rings. The highest BCUT2D eigenvalue weighted by Crippen LogP contribution is 2.32. The van der Waals surface area contributed by atoms with Crippen LogP contribution in [0, 0.1) is 0 Å². The van der Waals surface area contributed by atoms with Crippen molar-refractivity contribution in [3.8, 4) is 0 Å². The van der Waals surface area contributed by atoms with Crippen LogP contribution in [0.4, 0.5) is 0 Å². The Hall–Kier alpha value is 0.0300.